The number of carbonyl (C=O) groups is 2. The van der Waals surface area contributed by atoms with E-state index in [4.69, 9.17) is 18.9 Å². The van der Waals surface area contributed by atoms with Crippen molar-refractivity contribution in [2.75, 3.05) is 28.4 Å². The van der Waals surface area contributed by atoms with Gasteiger partial charge in [0, 0.05) is 6.42 Å². The first-order valence-electron chi connectivity index (χ1n) is 10.8. The Hall–Kier alpha value is -3.68. The topological polar surface area (TPSA) is 86.3 Å². The zero-order chi connectivity index (χ0) is 23.7. The number of piperazine rings is 1. The van der Waals surface area contributed by atoms with E-state index in [0.29, 0.717) is 41.4 Å². The van der Waals surface area contributed by atoms with Gasteiger partial charge in [-0.2, -0.15) is 0 Å². The third-order valence-electron chi connectivity index (χ3n) is 6.22. The monoisotopic (exact) mass is 452 g/mol. The highest BCUT2D eigenvalue weighted by Crippen LogP contribution is 2.42. The Morgan fingerprint density at radius 3 is 2.21 bits per heavy atom. The summed E-state index contributed by atoms with van der Waals surface area (Å²) in [5.41, 5.74) is 2.90. The van der Waals surface area contributed by atoms with Crippen LogP contribution in [0.3, 0.4) is 0 Å². The molecule has 2 amide bonds. The van der Waals surface area contributed by atoms with Crippen LogP contribution in [0.25, 0.3) is 6.08 Å². The van der Waals surface area contributed by atoms with Crippen molar-refractivity contribution in [2.24, 2.45) is 0 Å². The molecule has 0 radical (unpaired) electrons. The fourth-order valence-corrected chi connectivity index (χ4v) is 4.63. The quantitative estimate of drug-likeness (QED) is 0.678. The van der Waals surface area contributed by atoms with Gasteiger partial charge < -0.3 is 29.2 Å². The van der Waals surface area contributed by atoms with Crippen molar-refractivity contribution >= 4 is 17.9 Å². The van der Waals surface area contributed by atoms with E-state index in [-0.39, 0.29) is 23.6 Å². The van der Waals surface area contributed by atoms with Crippen molar-refractivity contribution in [2.45, 2.75) is 31.8 Å². The van der Waals surface area contributed by atoms with Gasteiger partial charge in [0.2, 0.25) is 5.91 Å². The van der Waals surface area contributed by atoms with Crippen molar-refractivity contribution < 1.29 is 28.5 Å². The average Bonchev–Trinajstić information content (AvgIpc) is 2.84. The fourth-order valence-electron chi connectivity index (χ4n) is 4.63. The number of nitrogens with zero attached hydrogens (tertiary/aromatic N) is 1. The lowest BCUT2D eigenvalue weighted by Crippen LogP contribution is -2.60. The number of hydrogen-bond acceptors (Lipinski definition) is 6. The van der Waals surface area contributed by atoms with Gasteiger partial charge in [0.25, 0.3) is 5.91 Å². The van der Waals surface area contributed by atoms with Gasteiger partial charge in [-0.3, -0.25) is 9.59 Å². The second-order valence-corrected chi connectivity index (χ2v) is 7.92. The third kappa shape index (κ3) is 3.86. The van der Waals surface area contributed by atoms with E-state index in [2.05, 4.69) is 5.32 Å². The lowest BCUT2D eigenvalue weighted by molar-refractivity contribution is -0.146. The van der Waals surface area contributed by atoms with Gasteiger partial charge in [-0.05, 0) is 53.5 Å². The van der Waals surface area contributed by atoms with E-state index in [0.717, 1.165) is 11.1 Å². The Labute approximate surface area is 193 Å². The summed E-state index contributed by atoms with van der Waals surface area (Å²) in [6.45, 7) is 2.01. The summed E-state index contributed by atoms with van der Waals surface area (Å²) in [4.78, 5) is 28.4. The molecule has 2 atom stereocenters. The van der Waals surface area contributed by atoms with Crippen LogP contribution in [0.2, 0.25) is 0 Å². The van der Waals surface area contributed by atoms with Gasteiger partial charge in [0.15, 0.2) is 23.0 Å². The normalized spacial score (nSPS) is 20.6. The minimum atomic E-state index is -0.587. The second kappa shape index (κ2) is 9.05. The molecule has 2 aliphatic rings. The second-order valence-electron chi connectivity index (χ2n) is 7.92. The van der Waals surface area contributed by atoms with E-state index in [1.54, 1.807) is 57.6 Å². The van der Waals surface area contributed by atoms with Crippen LogP contribution in [0, 0.1) is 0 Å². The van der Waals surface area contributed by atoms with Crippen molar-refractivity contribution in [3.8, 4) is 23.0 Å². The molecule has 0 unspecified atom stereocenters. The van der Waals surface area contributed by atoms with Crippen molar-refractivity contribution in [3.05, 3.63) is 52.7 Å². The van der Waals surface area contributed by atoms with E-state index in [1.165, 1.54) is 0 Å². The molecule has 2 aromatic carbocycles. The highest BCUT2D eigenvalue weighted by molar-refractivity contribution is 6.08. The highest BCUT2D eigenvalue weighted by atomic mass is 16.5. The molecule has 2 heterocycles. The first-order chi connectivity index (χ1) is 15.9. The molecular formula is C25H28N2O6. The Morgan fingerprint density at radius 1 is 0.939 bits per heavy atom. The molecule has 2 aliphatic heterocycles. The van der Waals surface area contributed by atoms with Crippen molar-refractivity contribution in [1.29, 1.82) is 0 Å². The molecule has 174 valence electrons. The van der Waals surface area contributed by atoms with Crippen LogP contribution in [0.1, 0.15) is 36.1 Å². The molecule has 1 saturated heterocycles. The van der Waals surface area contributed by atoms with Gasteiger partial charge >= 0.3 is 0 Å². The van der Waals surface area contributed by atoms with Gasteiger partial charge in [-0.15, -0.1) is 0 Å². The third-order valence-corrected chi connectivity index (χ3v) is 6.22. The van der Waals surface area contributed by atoms with E-state index < -0.39 is 6.04 Å². The standard InChI is InChI=1S/C25H28N2O6/c1-6-18-16-13-23(33-5)22(32-4)12-15(16)11-19-24(28)26-17(25(29)27(18)19)9-14-7-8-20(30-2)21(10-14)31-3/h7-10,12-13,18-19H,6,11H2,1-5H3,(H,26,28)/b17-9-/t18-,19+/m0/s1. The number of hydrogen-bond donors (Lipinski definition) is 1. The van der Waals surface area contributed by atoms with Crippen LogP contribution in [0.5, 0.6) is 23.0 Å². The summed E-state index contributed by atoms with van der Waals surface area (Å²) >= 11 is 0. The number of carbonyl (C=O) groups excluding carboxylic acids is 2. The SMILES string of the molecule is CC[C@H]1c2cc(OC)c(OC)cc2C[C@@H]2C(=O)N/C(=C\c3ccc(OC)c(OC)c3)C(=O)N21. The summed E-state index contributed by atoms with van der Waals surface area (Å²) in [5.74, 6) is 1.90. The Morgan fingerprint density at radius 2 is 1.58 bits per heavy atom. The maximum absolute atomic E-state index is 13.6. The molecule has 8 nitrogen and oxygen atoms in total. The molecule has 1 fully saturated rings. The number of nitrogens with one attached hydrogen (secondary N) is 1. The fraction of sp³-hybridized carbons (Fsp3) is 0.360. The van der Waals surface area contributed by atoms with Gasteiger partial charge in [-0.1, -0.05) is 13.0 Å². The van der Waals surface area contributed by atoms with Gasteiger partial charge in [-0.25, -0.2) is 0 Å². The Bertz CT molecular complexity index is 1130. The first-order valence-corrected chi connectivity index (χ1v) is 10.8. The molecule has 33 heavy (non-hydrogen) atoms. The minimum Gasteiger partial charge on any atom is -0.493 e. The number of rotatable bonds is 6. The average molecular weight is 453 g/mol. The Balaban J connectivity index is 1.74. The zero-order valence-electron chi connectivity index (χ0n) is 19.4. The molecular weight excluding hydrogens is 424 g/mol. The molecule has 0 spiro atoms. The van der Waals surface area contributed by atoms with E-state index in [9.17, 15) is 9.59 Å². The van der Waals surface area contributed by atoms with Crippen molar-refractivity contribution in [1.82, 2.24) is 10.2 Å². The molecule has 2 aromatic rings. The largest absolute Gasteiger partial charge is 0.493 e. The predicted molar refractivity (Wildman–Crippen MR) is 123 cm³/mol. The maximum atomic E-state index is 13.6. The first kappa shape index (κ1) is 22.5. The van der Waals surface area contributed by atoms with E-state index >= 15 is 0 Å². The van der Waals surface area contributed by atoms with Crippen molar-refractivity contribution in [3.63, 3.8) is 0 Å². The van der Waals surface area contributed by atoms with Crippen LogP contribution >= 0.6 is 0 Å². The molecule has 1 N–H and O–H groups in total. The van der Waals surface area contributed by atoms with E-state index in [1.807, 2.05) is 19.1 Å². The number of ether oxygens (including phenoxy) is 4. The van der Waals surface area contributed by atoms with Crippen LogP contribution in [0.4, 0.5) is 0 Å². The molecule has 8 heteroatoms. The smallest absolute Gasteiger partial charge is 0.271 e. The Kier molecular flexibility index (Phi) is 6.18. The summed E-state index contributed by atoms with van der Waals surface area (Å²) in [5, 5.41) is 2.81. The highest BCUT2D eigenvalue weighted by Gasteiger charge is 2.45. The lowest BCUT2D eigenvalue weighted by atomic mass is 9.84. The number of methoxy groups -OCH3 is 4. The molecule has 4 rings (SSSR count). The number of amides is 2. The number of fused-ring (bicyclic) bond motifs is 2. The molecule has 0 aromatic heterocycles. The van der Waals surface area contributed by atoms with Crippen LogP contribution in [0.15, 0.2) is 36.0 Å². The molecule has 0 bridgehead atoms. The summed E-state index contributed by atoms with van der Waals surface area (Å²) in [6, 6.07) is 8.30. The number of benzene rings is 2. The summed E-state index contributed by atoms with van der Waals surface area (Å²) in [6.07, 6.45) is 2.73. The lowest BCUT2D eigenvalue weighted by Gasteiger charge is -2.45. The van der Waals surface area contributed by atoms with Crippen LogP contribution in [-0.2, 0) is 16.0 Å². The predicted octanol–water partition coefficient (Wildman–Crippen LogP) is 3.10. The van der Waals surface area contributed by atoms with Gasteiger partial charge in [0.1, 0.15) is 11.7 Å². The molecule has 0 aliphatic carbocycles. The maximum Gasteiger partial charge on any atom is 0.271 e. The molecule has 0 saturated carbocycles. The summed E-state index contributed by atoms with van der Waals surface area (Å²) in [7, 11) is 6.27. The van der Waals surface area contributed by atoms with Crippen LogP contribution < -0.4 is 24.3 Å². The minimum absolute atomic E-state index is 0.208. The summed E-state index contributed by atoms with van der Waals surface area (Å²) < 4.78 is 21.6. The van der Waals surface area contributed by atoms with Crippen LogP contribution in [-0.4, -0.2) is 51.2 Å². The zero-order valence-corrected chi connectivity index (χ0v) is 19.4. The van der Waals surface area contributed by atoms with Gasteiger partial charge in [0.05, 0.1) is 34.5 Å².